The molecule has 1 aromatic carbocycles. The van der Waals surface area contributed by atoms with Crippen LogP contribution in [0.4, 0.5) is 52.7 Å². The molecule has 1 aromatic rings. The van der Waals surface area contributed by atoms with Crippen molar-refractivity contribution >= 4 is 88.3 Å². The number of benzene rings is 1. The molecular weight excluding hydrogens is 1990 g/mol. The highest BCUT2D eigenvalue weighted by atomic mass is 28.5. The van der Waals surface area contributed by atoms with Crippen molar-refractivity contribution in [3.05, 3.63) is 35.9 Å². The van der Waals surface area contributed by atoms with Crippen molar-refractivity contribution in [2.75, 3.05) is 6.61 Å². The van der Waals surface area contributed by atoms with E-state index in [0.717, 1.165) is 78.1 Å². The molecule has 0 N–H and O–H groups in total. The Hall–Kier alpha value is -2.95. The van der Waals surface area contributed by atoms with Crippen LogP contribution in [0.3, 0.4) is 0 Å². The lowest BCUT2D eigenvalue weighted by Gasteiger charge is -2.49. The number of esters is 5. The lowest BCUT2D eigenvalue weighted by Crippen LogP contribution is -2.66. The van der Waals surface area contributed by atoms with Crippen molar-refractivity contribution in [3.63, 3.8) is 0 Å². The summed E-state index contributed by atoms with van der Waals surface area (Å²) in [6.45, 7) is 97.5. The van der Waals surface area contributed by atoms with Crippen LogP contribution in [-0.4, -0.2) is 155 Å². The predicted molar refractivity (Wildman–Crippen MR) is 598 cm³/mol. The smallest absolute Gasteiger partial charge is 0.404 e. The minimum Gasteiger partial charge on any atom is -0.465 e. The van der Waals surface area contributed by atoms with E-state index in [-0.39, 0.29) is 75.3 Å². The average molecular weight is 2210 g/mol. The highest BCUT2D eigenvalue weighted by molar-refractivity contribution is 6.93. The zero-order chi connectivity index (χ0) is 114. The zero-order valence-electron chi connectivity index (χ0n) is 99.4. The van der Waals surface area contributed by atoms with E-state index < -0.39 is 146 Å². The molecule has 1 aliphatic heterocycles. The lowest BCUT2D eigenvalue weighted by atomic mass is 9.72. The van der Waals surface area contributed by atoms with E-state index in [9.17, 15) is 76.7 Å². The monoisotopic (exact) mass is 2210 g/mol. The number of alkyl halides is 12. The Kier molecular flexibility index (Phi) is 72.7. The molecule has 0 amide bonds. The van der Waals surface area contributed by atoms with Crippen LogP contribution in [0, 0.1) is 62.1 Å². The molecule has 2 aliphatic carbocycles. The summed E-state index contributed by atoms with van der Waals surface area (Å²) in [5, 5.41) is 0. The van der Waals surface area contributed by atoms with Gasteiger partial charge in [0.25, 0.3) is 0 Å². The summed E-state index contributed by atoms with van der Waals surface area (Å²) in [7, 11) is -11.3. The Morgan fingerprint density at radius 3 is 0.993 bits per heavy atom. The van der Waals surface area contributed by atoms with Crippen LogP contribution in [-0.2, 0) is 68.9 Å². The van der Waals surface area contributed by atoms with Crippen LogP contribution in [0.1, 0.15) is 390 Å². The van der Waals surface area contributed by atoms with Gasteiger partial charge in [0.05, 0.1) is 24.2 Å². The Bertz CT molecular complexity index is 3490. The molecule has 144 heavy (non-hydrogen) atoms. The fraction of sp³-hybridized carbons (Fsp3) is 0.900. The van der Waals surface area contributed by atoms with Gasteiger partial charge < -0.3 is 44.9 Å². The molecule has 3 fully saturated rings. The van der Waals surface area contributed by atoms with Gasteiger partial charge in [0.1, 0.15) is 23.4 Å². The maximum absolute atomic E-state index is 13.0. The van der Waals surface area contributed by atoms with Crippen LogP contribution >= 0.6 is 0 Å². The van der Waals surface area contributed by atoms with E-state index in [2.05, 4.69) is 225 Å². The quantitative estimate of drug-likeness (QED) is 0.0225. The van der Waals surface area contributed by atoms with Gasteiger partial charge in [0.2, 0.25) is 0 Å². The largest absolute Gasteiger partial charge is 0.465 e. The van der Waals surface area contributed by atoms with Gasteiger partial charge in [-0.2, -0.15) is 52.7 Å². The Balaban J connectivity index is -0.000000240. The molecule has 0 radical (unpaired) electrons. The SMILES string of the molecule is C.C.CCC(C)(C(=O)OC(C(C)C)C(C)C)C(F)(F)F.CCC(C)(C(=O)OC(C)(C)C)C(F)(F)F.CCC(C)(C(=O)OC(C)(C)C)C(F)(F)F.CCC(C)(C(=O)OC1CCC(C(C)(C)C)CC1)C(F)(F)F.CCC(C)(C)C(=O)OCCC[Si](C)(C)C.CCC(C)C[Si](C)(C)C.CCC(C)C[Si](C)(C)C.CCC(C)OC1CCCCC1.CCC(C)[Si]1(C)O[Si](C)(C)O[Si](C)(C)O[Si](C)(C)O1.CCC(C)c1ccccc1. The number of rotatable bonds is 31. The summed E-state index contributed by atoms with van der Waals surface area (Å²) in [5.41, 5.74) is -9.69. The van der Waals surface area contributed by atoms with E-state index in [1.54, 1.807) is 0 Å². The van der Waals surface area contributed by atoms with E-state index in [1.807, 2.05) is 48.5 Å². The second-order valence-electron chi connectivity index (χ2n) is 50.2. The van der Waals surface area contributed by atoms with Gasteiger partial charge >= 0.3 is 88.8 Å². The Morgan fingerprint density at radius 1 is 0.396 bits per heavy atom. The Morgan fingerprint density at radius 2 is 0.729 bits per heavy atom. The van der Waals surface area contributed by atoms with Crippen molar-refractivity contribution in [3.8, 4) is 0 Å². The van der Waals surface area contributed by atoms with Gasteiger partial charge in [-0.3, -0.25) is 24.0 Å². The summed E-state index contributed by atoms with van der Waals surface area (Å²) in [6.07, 6.45) is -1.53. The second-order valence-corrected chi connectivity index (χ2v) is 81.6. The normalized spacial score (nSPS) is 19.5. The zero-order valence-corrected chi connectivity index (χ0v) is 106. The van der Waals surface area contributed by atoms with Gasteiger partial charge in [-0.1, -0.05) is 306 Å². The predicted octanol–water partition coefficient (Wildman–Crippen LogP) is 38.0. The molecule has 34 heteroatoms. The molecule has 9 unspecified atom stereocenters. The van der Waals surface area contributed by atoms with Gasteiger partial charge in [0, 0.05) is 24.2 Å². The van der Waals surface area contributed by atoms with Gasteiger partial charge in [0.15, 0.2) is 21.7 Å². The van der Waals surface area contributed by atoms with Crippen molar-refractivity contribution < 1.29 is 122 Å². The van der Waals surface area contributed by atoms with E-state index in [1.165, 1.54) is 144 Å². The molecule has 0 bridgehead atoms. The molecule has 1 saturated heterocycles. The first kappa shape index (κ1) is 156. The molecule has 9 atom stereocenters. The first-order valence-electron chi connectivity index (χ1n) is 53.2. The molecular formula is C110H222F12O15Si7. The van der Waals surface area contributed by atoms with E-state index >= 15 is 0 Å². The number of carbonyl (C=O) groups excluding carboxylic acids is 5. The standard InChI is InChI=1S/C16H27F3O2.C13H23F3O2.C12H26O2Si.C11H30O4Si4.2C10H17F3O2.C10H20O.C10H14.2C8H20Si.2CH4/c1-6-15(5,16(17,18)19)13(20)21-12-9-7-11(8-10-12)14(2,3)4;1-7-12(6,13(14,15)16)11(17)18-10(8(2)3)9(4)5;1-7-12(2,3)11(13)14-9-8-10-15(4,5)6;1-10-11(2)19(9)14-17(5,6)12-16(3,4)13-18(7,8)15-19;2*1-6-9(5,10(11,12)13)7(14)15-8(2,3)4;1-3-9(2)11-10-7-5-4-6-8-10;1-3-9(2)10-7-5-4-6-8-10;2*1-6-8(2)7-9(3,4)5;;/h11-12H,6-10H2,1-5H3;8-10H,7H2,1-6H3;7-10H2,1-6H3;11H,10H2,1-9H3;2*6H2,1-5H3;9-10H,3-8H2,1-2H3;4-9H,3H2,1-2H3;2*8H,6-7H2,1-5H3;2*1H4. The minimum absolute atomic E-state index is 0. The molecule has 864 valence electrons. The van der Waals surface area contributed by atoms with Crippen molar-refractivity contribution in [1.82, 2.24) is 0 Å². The Labute approximate surface area is 882 Å². The molecule has 1 heterocycles. The van der Waals surface area contributed by atoms with Gasteiger partial charge in [-0.05, 0) is 278 Å². The summed E-state index contributed by atoms with van der Waals surface area (Å²) in [4.78, 5) is 58.2. The van der Waals surface area contributed by atoms with Gasteiger partial charge in [-0.15, -0.1) is 0 Å². The summed E-state index contributed by atoms with van der Waals surface area (Å²) in [5.74, 6) is -1.66. The number of carbonyl (C=O) groups is 5. The van der Waals surface area contributed by atoms with Crippen molar-refractivity contribution in [1.29, 1.82) is 0 Å². The van der Waals surface area contributed by atoms with Crippen LogP contribution in [0.2, 0.25) is 128 Å². The van der Waals surface area contributed by atoms with Crippen LogP contribution in [0.25, 0.3) is 0 Å². The fourth-order valence-corrected chi connectivity index (χ4v) is 43.0. The molecule has 0 aromatic heterocycles. The van der Waals surface area contributed by atoms with Crippen molar-refractivity contribution in [2.45, 2.75) is 573 Å². The minimum atomic E-state index is -4.59. The fourth-order valence-electron chi connectivity index (χ4n) is 15.2. The first-order chi connectivity index (χ1) is 63.3. The van der Waals surface area contributed by atoms with Crippen LogP contribution < -0.4 is 0 Å². The third-order valence-electron chi connectivity index (χ3n) is 26.6. The molecule has 0 spiro atoms. The van der Waals surface area contributed by atoms with Gasteiger partial charge in [-0.25, -0.2) is 0 Å². The van der Waals surface area contributed by atoms with E-state index in [0.29, 0.717) is 49.0 Å². The summed E-state index contributed by atoms with van der Waals surface area (Å²) >= 11 is 0. The summed E-state index contributed by atoms with van der Waals surface area (Å²) < 4.78 is 210. The maximum atomic E-state index is 13.0. The highest BCUT2D eigenvalue weighted by Gasteiger charge is 2.61. The van der Waals surface area contributed by atoms with Crippen LogP contribution in [0.5, 0.6) is 0 Å². The number of hydrogen-bond acceptors (Lipinski definition) is 15. The summed E-state index contributed by atoms with van der Waals surface area (Å²) in [6, 6.07) is 14.8. The van der Waals surface area contributed by atoms with E-state index in [4.69, 9.17) is 44.9 Å². The highest BCUT2D eigenvalue weighted by Crippen LogP contribution is 2.48. The molecule has 15 nitrogen and oxygen atoms in total. The average Bonchev–Trinajstić information content (AvgIpc) is 0.761. The topological polar surface area (TPSA) is 178 Å². The first-order valence-corrected chi connectivity index (χ1v) is 75.1. The number of ether oxygens (including phenoxy) is 6. The molecule has 2 saturated carbocycles. The number of hydrogen-bond donors (Lipinski definition) is 0. The third-order valence-corrected chi connectivity index (χ3v) is 49.6. The molecule has 3 aliphatic rings. The number of halogens is 12. The van der Waals surface area contributed by atoms with Crippen LogP contribution in [0.15, 0.2) is 30.3 Å². The molecule has 4 rings (SSSR count). The third kappa shape index (κ3) is 64.9. The second kappa shape index (κ2) is 67.0. The maximum Gasteiger partial charge on any atom is 0.404 e. The van der Waals surface area contributed by atoms with Crippen molar-refractivity contribution in [2.24, 2.45) is 62.1 Å². The lowest BCUT2D eigenvalue weighted by molar-refractivity contribution is -0.237.